The lowest BCUT2D eigenvalue weighted by molar-refractivity contribution is -0.384. The Kier molecular flexibility index (Phi) is 5.12. The van der Waals surface area contributed by atoms with Gasteiger partial charge in [0, 0.05) is 19.2 Å². The molecular formula is C15H20N4O2. The molecule has 1 fully saturated rings. The van der Waals surface area contributed by atoms with Gasteiger partial charge in [-0.1, -0.05) is 6.92 Å². The maximum absolute atomic E-state index is 11.0. The third-order valence-corrected chi connectivity index (χ3v) is 3.94. The summed E-state index contributed by atoms with van der Waals surface area (Å²) in [5.41, 5.74) is 0.862. The van der Waals surface area contributed by atoms with Gasteiger partial charge in [-0.25, -0.2) is 0 Å². The molecular weight excluding hydrogens is 268 g/mol. The number of anilines is 1. The Morgan fingerprint density at radius 1 is 1.48 bits per heavy atom. The summed E-state index contributed by atoms with van der Waals surface area (Å²) in [6, 6.07) is 6.39. The van der Waals surface area contributed by atoms with Crippen LogP contribution in [0.1, 0.15) is 25.3 Å². The Morgan fingerprint density at radius 3 is 2.81 bits per heavy atom. The van der Waals surface area contributed by atoms with Crippen LogP contribution in [0.5, 0.6) is 0 Å². The van der Waals surface area contributed by atoms with Crippen molar-refractivity contribution in [2.24, 2.45) is 5.92 Å². The summed E-state index contributed by atoms with van der Waals surface area (Å²) in [5.74, 6) is 0.794. The maximum atomic E-state index is 11.0. The monoisotopic (exact) mass is 288 g/mol. The number of piperidine rings is 1. The van der Waals surface area contributed by atoms with Crippen LogP contribution in [0.3, 0.4) is 0 Å². The van der Waals surface area contributed by atoms with Crippen molar-refractivity contribution < 1.29 is 4.92 Å². The minimum absolute atomic E-state index is 0.0151. The van der Waals surface area contributed by atoms with Gasteiger partial charge < -0.3 is 10.2 Å². The summed E-state index contributed by atoms with van der Waals surface area (Å²) in [7, 11) is 0. The Balaban J connectivity index is 1.93. The lowest BCUT2D eigenvalue weighted by Gasteiger charge is -2.30. The van der Waals surface area contributed by atoms with Gasteiger partial charge in [0.2, 0.25) is 0 Å². The van der Waals surface area contributed by atoms with E-state index < -0.39 is 4.92 Å². The van der Waals surface area contributed by atoms with Gasteiger partial charge in [-0.2, -0.15) is 5.26 Å². The molecule has 112 valence electrons. The van der Waals surface area contributed by atoms with E-state index in [1.54, 1.807) is 0 Å². The number of likely N-dealkylation sites (tertiary alicyclic amines) is 1. The summed E-state index contributed by atoms with van der Waals surface area (Å²) >= 11 is 0. The molecule has 1 heterocycles. The number of nitro benzene ring substituents is 1. The first-order chi connectivity index (χ1) is 10.1. The highest BCUT2D eigenvalue weighted by Gasteiger charge is 2.17. The van der Waals surface area contributed by atoms with Crippen molar-refractivity contribution in [3.8, 4) is 6.07 Å². The molecule has 2 rings (SSSR count). The molecule has 0 aliphatic carbocycles. The van der Waals surface area contributed by atoms with Gasteiger partial charge in [-0.15, -0.1) is 0 Å². The van der Waals surface area contributed by atoms with Gasteiger partial charge in [0.1, 0.15) is 5.69 Å². The smallest absolute Gasteiger partial charge is 0.292 e. The number of hydrogen-bond acceptors (Lipinski definition) is 5. The number of nitrogens with zero attached hydrogens (tertiary/aromatic N) is 3. The molecule has 0 aromatic heterocycles. The van der Waals surface area contributed by atoms with E-state index in [0.29, 0.717) is 17.8 Å². The molecule has 6 nitrogen and oxygen atoms in total. The molecule has 1 aliphatic heterocycles. The fourth-order valence-electron chi connectivity index (χ4n) is 2.54. The largest absolute Gasteiger partial charge is 0.378 e. The quantitative estimate of drug-likeness (QED) is 0.665. The molecule has 1 aromatic rings. The van der Waals surface area contributed by atoms with Crippen molar-refractivity contribution in [1.82, 2.24) is 4.90 Å². The standard InChI is InChI=1S/C15H20N4O2/c1-12-4-7-18(8-5-12)9-6-17-14-10-13(11-16)2-3-15(14)19(20)21/h2-3,10,12,17H,4-9H2,1H3. The first-order valence-corrected chi connectivity index (χ1v) is 7.25. The number of nitro groups is 1. The third kappa shape index (κ3) is 4.17. The molecule has 0 amide bonds. The first kappa shape index (κ1) is 15.3. The Bertz CT molecular complexity index is 545. The van der Waals surface area contributed by atoms with Gasteiger partial charge in [0.15, 0.2) is 0 Å². The number of hydrogen-bond donors (Lipinski definition) is 1. The van der Waals surface area contributed by atoms with Crippen molar-refractivity contribution in [3.63, 3.8) is 0 Å². The van der Waals surface area contributed by atoms with Crippen LogP contribution in [0.2, 0.25) is 0 Å². The van der Waals surface area contributed by atoms with Crippen LogP contribution in [-0.4, -0.2) is 36.0 Å². The van der Waals surface area contributed by atoms with Gasteiger partial charge in [0.25, 0.3) is 5.69 Å². The van der Waals surface area contributed by atoms with Crippen LogP contribution in [0.15, 0.2) is 18.2 Å². The van der Waals surface area contributed by atoms with Crippen LogP contribution in [0, 0.1) is 27.4 Å². The maximum Gasteiger partial charge on any atom is 0.292 e. The van der Waals surface area contributed by atoms with Gasteiger partial charge in [0.05, 0.1) is 16.6 Å². The highest BCUT2D eigenvalue weighted by atomic mass is 16.6. The van der Waals surface area contributed by atoms with E-state index in [4.69, 9.17) is 5.26 Å². The zero-order valence-corrected chi connectivity index (χ0v) is 12.2. The highest BCUT2D eigenvalue weighted by Crippen LogP contribution is 2.25. The van der Waals surface area contributed by atoms with Crippen LogP contribution in [-0.2, 0) is 0 Å². The normalized spacial score (nSPS) is 16.4. The second-order valence-electron chi connectivity index (χ2n) is 5.55. The fourth-order valence-corrected chi connectivity index (χ4v) is 2.54. The minimum atomic E-state index is -0.425. The summed E-state index contributed by atoms with van der Waals surface area (Å²) in [6.07, 6.45) is 2.42. The molecule has 1 aromatic carbocycles. The number of nitrogens with one attached hydrogen (secondary N) is 1. The summed E-state index contributed by atoms with van der Waals surface area (Å²) in [4.78, 5) is 12.9. The molecule has 0 saturated carbocycles. The van der Waals surface area contributed by atoms with Gasteiger partial charge in [-0.3, -0.25) is 10.1 Å². The van der Waals surface area contributed by atoms with Crippen molar-refractivity contribution in [2.75, 3.05) is 31.5 Å². The predicted octanol–water partition coefficient (Wildman–Crippen LogP) is 2.61. The summed E-state index contributed by atoms with van der Waals surface area (Å²) < 4.78 is 0. The highest BCUT2D eigenvalue weighted by molar-refractivity contribution is 5.64. The van der Waals surface area contributed by atoms with Crippen LogP contribution in [0.4, 0.5) is 11.4 Å². The Labute approximate surface area is 124 Å². The first-order valence-electron chi connectivity index (χ1n) is 7.25. The molecule has 0 bridgehead atoms. The van der Waals surface area contributed by atoms with Crippen molar-refractivity contribution in [1.29, 1.82) is 5.26 Å². The van der Waals surface area contributed by atoms with Crippen LogP contribution in [0.25, 0.3) is 0 Å². The second kappa shape index (κ2) is 7.04. The molecule has 1 aliphatic rings. The fraction of sp³-hybridized carbons (Fsp3) is 0.533. The zero-order chi connectivity index (χ0) is 15.2. The number of rotatable bonds is 5. The van der Waals surface area contributed by atoms with E-state index in [1.807, 2.05) is 6.07 Å². The van der Waals surface area contributed by atoms with Gasteiger partial charge >= 0.3 is 0 Å². The Hall–Kier alpha value is -2.13. The lowest BCUT2D eigenvalue weighted by atomic mass is 9.99. The number of benzene rings is 1. The molecule has 1 saturated heterocycles. The molecule has 0 radical (unpaired) electrons. The van der Waals surface area contributed by atoms with Crippen LogP contribution < -0.4 is 5.32 Å². The molecule has 1 N–H and O–H groups in total. The zero-order valence-electron chi connectivity index (χ0n) is 12.2. The predicted molar refractivity (Wildman–Crippen MR) is 81.1 cm³/mol. The molecule has 0 unspecified atom stereocenters. The van der Waals surface area contributed by atoms with E-state index in [2.05, 4.69) is 17.1 Å². The van der Waals surface area contributed by atoms with E-state index in [0.717, 1.165) is 25.6 Å². The molecule has 0 spiro atoms. The third-order valence-electron chi connectivity index (χ3n) is 3.94. The SMILES string of the molecule is CC1CCN(CCNc2cc(C#N)ccc2[N+](=O)[O-])CC1. The number of nitriles is 1. The molecule has 21 heavy (non-hydrogen) atoms. The van der Waals surface area contributed by atoms with E-state index >= 15 is 0 Å². The molecule has 0 atom stereocenters. The van der Waals surface area contributed by atoms with E-state index in [-0.39, 0.29) is 5.69 Å². The summed E-state index contributed by atoms with van der Waals surface area (Å²) in [6.45, 7) is 5.95. The average molecular weight is 288 g/mol. The van der Waals surface area contributed by atoms with Crippen molar-refractivity contribution >= 4 is 11.4 Å². The molecule has 6 heteroatoms. The van der Waals surface area contributed by atoms with Gasteiger partial charge in [-0.05, 0) is 44.0 Å². The minimum Gasteiger partial charge on any atom is -0.378 e. The Morgan fingerprint density at radius 2 is 2.19 bits per heavy atom. The van der Waals surface area contributed by atoms with Crippen LogP contribution >= 0.6 is 0 Å². The van der Waals surface area contributed by atoms with Crippen molar-refractivity contribution in [2.45, 2.75) is 19.8 Å². The average Bonchev–Trinajstić information content (AvgIpc) is 2.49. The van der Waals surface area contributed by atoms with Crippen molar-refractivity contribution in [3.05, 3.63) is 33.9 Å². The van der Waals surface area contributed by atoms with E-state index in [1.165, 1.54) is 31.0 Å². The lowest BCUT2D eigenvalue weighted by Crippen LogP contribution is -2.36. The second-order valence-corrected chi connectivity index (χ2v) is 5.55. The topological polar surface area (TPSA) is 82.2 Å². The summed E-state index contributed by atoms with van der Waals surface area (Å²) in [5, 5.41) is 23.0. The van der Waals surface area contributed by atoms with E-state index in [9.17, 15) is 10.1 Å².